The van der Waals surface area contributed by atoms with Gasteiger partial charge in [-0.25, -0.2) is 9.37 Å². The van der Waals surface area contributed by atoms with Crippen LogP contribution in [0.3, 0.4) is 0 Å². The van der Waals surface area contributed by atoms with Gasteiger partial charge >= 0.3 is 0 Å². The maximum absolute atomic E-state index is 13.7. The first-order valence-corrected chi connectivity index (χ1v) is 7.05. The topological polar surface area (TPSA) is 41.1 Å². The van der Waals surface area contributed by atoms with Crippen molar-refractivity contribution in [3.8, 4) is 0 Å². The second-order valence-electron chi connectivity index (χ2n) is 5.35. The van der Waals surface area contributed by atoms with Crippen LogP contribution in [0.1, 0.15) is 25.1 Å². The SMILES string of the molecule is CC(C)NCc1cncc(N(C)Cc2ccccc2F)n1. The standard InChI is InChI=1S/C16H21FN4/c1-12(2)19-9-14-8-18-10-16(20-14)21(3)11-13-6-4-5-7-15(13)17/h4-8,10,12,19H,9,11H2,1-3H3. The van der Waals surface area contributed by atoms with E-state index in [1.165, 1.54) is 6.07 Å². The first-order valence-electron chi connectivity index (χ1n) is 7.05. The molecule has 0 amide bonds. The number of nitrogens with one attached hydrogen (secondary N) is 1. The fourth-order valence-electron chi connectivity index (χ4n) is 1.94. The van der Waals surface area contributed by atoms with Gasteiger partial charge in [0, 0.05) is 37.9 Å². The molecular weight excluding hydrogens is 267 g/mol. The van der Waals surface area contributed by atoms with Crippen molar-refractivity contribution in [2.45, 2.75) is 33.0 Å². The first kappa shape index (κ1) is 15.4. The molecule has 21 heavy (non-hydrogen) atoms. The zero-order valence-corrected chi connectivity index (χ0v) is 12.7. The normalized spacial score (nSPS) is 10.9. The van der Waals surface area contributed by atoms with Crippen molar-refractivity contribution in [3.63, 3.8) is 0 Å². The van der Waals surface area contributed by atoms with Crippen molar-refractivity contribution < 1.29 is 4.39 Å². The lowest BCUT2D eigenvalue weighted by Gasteiger charge is -2.19. The summed E-state index contributed by atoms with van der Waals surface area (Å²) in [5.74, 6) is 0.538. The number of nitrogens with zero attached hydrogens (tertiary/aromatic N) is 3. The van der Waals surface area contributed by atoms with E-state index >= 15 is 0 Å². The van der Waals surface area contributed by atoms with Gasteiger partial charge in [0.25, 0.3) is 0 Å². The molecule has 1 heterocycles. The molecule has 1 N–H and O–H groups in total. The van der Waals surface area contributed by atoms with E-state index in [-0.39, 0.29) is 5.82 Å². The molecule has 0 aliphatic rings. The fourth-order valence-corrected chi connectivity index (χ4v) is 1.94. The Kier molecular flexibility index (Phi) is 5.22. The van der Waals surface area contributed by atoms with Crippen molar-refractivity contribution >= 4 is 5.82 Å². The Morgan fingerprint density at radius 3 is 2.71 bits per heavy atom. The molecule has 0 radical (unpaired) electrons. The van der Waals surface area contributed by atoms with Crippen LogP contribution in [0.4, 0.5) is 10.2 Å². The van der Waals surface area contributed by atoms with Crippen LogP contribution in [0.5, 0.6) is 0 Å². The van der Waals surface area contributed by atoms with Gasteiger partial charge < -0.3 is 10.2 Å². The Morgan fingerprint density at radius 2 is 2.00 bits per heavy atom. The predicted molar refractivity (Wildman–Crippen MR) is 82.5 cm³/mol. The Bertz CT molecular complexity index is 586. The number of halogens is 1. The maximum atomic E-state index is 13.7. The van der Waals surface area contributed by atoms with Gasteiger partial charge in [0.15, 0.2) is 0 Å². The second-order valence-corrected chi connectivity index (χ2v) is 5.35. The average molecular weight is 288 g/mol. The van der Waals surface area contributed by atoms with Crippen molar-refractivity contribution in [3.05, 3.63) is 53.7 Å². The lowest BCUT2D eigenvalue weighted by molar-refractivity contribution is 0.579. The lowest BCUT2D eigenvalue weighted by Crippen LogP contribution is -2.24. The summed E-state index contributed by atoms with van der Waals surface area (Å²) in [6.45, 7) is 5.30. The highest BCUT2D eigenvalue weighted by Gasteiger charge is 2.08. The largest absolute Gasteiger partial charge is 0.354 e. The summed E-state index contributed by atoms with van der Waals surface area (Å²) in [6, 6.07) is 7.17. The van der Waals surface area contributed by atoms with Gasteiger partial charge in [0.2, 0.25) is 0 Å². The quantitative estimate of drug-likeness (QED) is 0.887. The van der Waals surface area contributed by atoms with E-state index < -0.39 is 0 Å². The van der Waals surface area contributed by atoms with Gasteiger partial charge in [-0.2, -0.15) is 0 Å². The van der Waals surface area contributed by atoms with E-state index in [9.17, 15) is 4.39 Å². The number of hydrogen-bond donors (Lipinski definition) is 1. The summed E-state index contributed by atoms with van der Waals surface area (Å²) in [7, 11) is 1.89. The Morgan fingerprint density at radius 1 is 1.24 bits per heavy atom. The number of benzene rings is 1. The highest BCUT2D eigenvalue weighted by molar-refractivity contribution is 5.37. The van der Waals surface area contributed by atoms with E-state index in [0.717, 1.165) is 11.5 Å². The van der Waals surface area contributed by atoms with Gasteiger partial charge in [0.1, 0.15) is 11.6 Å². The first-order chi connectivity index (χ1) is 10.1. The van der Waals surface area contributed by atoms with Gasteiger partial charge in [-0.1, -0.05) is 32.0 Å². The zero-order chi connectivity index (χ0) is 15.2. The molecule has 0 saturated carbocycles. The van der Waals surface area contributed by atoms with Crippen LogP contribution in [-0.2, 0) is 13.1 Å². The average Bonchev–Trinajstić information content (AvgIpc) is 2.48. The van der Waals surface area contributed by atoms with Gasteiger partial charge in [0.05, 0.1) is 11.9 Å². The lowest BCUT2D eigenvalue weighted by atomic mass is 10.2. The third kappa shape index (κ3) is 4.49. The number of rotatable bonds is 6. The van der Waals surface area contributed by atoms with E-state index in [4.69, 9.17) is 0 Å². The van der Waals surface area contributed by atoms with Crippen LogP contribution in [0.25, 0.3) is 0 Å². The van der Waals surface area contributed by atoms with E-state index in [1.807, 2.05) is 18.0 Å². The molecule has 2 aromatic rings. The molecule has 5 heteroatoms. The summed E-state index contributed by atoms with van der Waals surface area (Å²) in [4.78, 5) is 10.7. The van der Waals surface area contributed by atoms with Gasteiger partial charge in [-0.05, 0) is 6.07 Å². The molecule has 0 atom stereocenters. The Labute approximate surface area is 125 Å². The Balaban J connectivity index is 2.07. The van der Waals surface area contributed by atoms with Crippen LogP contribution in [0.2, 0.25) is 0 Å². The van der Waals surface area contributed by atoms with E-state index in [2.05, 4.69) is 29.1 Å². The van der Waals surface area contributed by atoms with Crippen LogP contribution in [-0.4, -0.2) is 23.1 Å². The molecule has 1 aromatic heterocycles. The third-order valence-electron chi connectivity index (χ3n) is 3.12. The highest BCUT2D eigenvalue weighted by Crippen LogP contribution is 2.14. The molecule has 0 aliphatic carbocycles. The minimum Gasteiger partial charge on any atom is -0.354 e. The van der Waals surface area contributed by atoms with E-state index in [1.54, 1.807) is 24.5 Å². The number of hydrogen-bond acceptors (Lipinski definition) is 4. The minimum absolute atomic E-state index is 0.199. The van der Waals surface area contributed by atoms with Crippen LogP contribution in [0.15, 0.2) is 36.7 Å². The molecule has 4 nitrogen and oxygen atoms in total. The fraction of sp³-hybridized carbons (Fsp3) is 0.375. The minimum atomic E-state index is -0.199. The maximum Gasteiger partial charge on any atom is 0.147 e. The van der Waals surface area contributed by atoms with Crippen LogP contribution >= 0.6 is 0 Å². The van der Waals surface area contributed by atoms with E-state index in [0.29, 0.717) is 24.7 Å². The van der Waals surface area contributed by atoms with Crippen molar-refractivity contribution in [2.75, 3.05) is 11.9 Å². The molecule has 0 unspecified atom stereocenters. The highest BCUT2D eigenvalue weighted by atomic mass is 19.1. The van der Waals surface area contributed by atoms with Crippen LogP contribution in [0, 0.1) is 5.82 Å². The molecule has 0 bridgehead atoms. The number of anilines is 1. The zero-order valence-electron chi connectivity index (χ0n) is 12.7. The molecule has 0 spiro atoms. The monoisotopic (exact) mass is 288 g/mol. The van der Waals surface area contributed by atoms with Crippen LogP contribution < -0.4 is 10.2 Å². The van der Waals surface area contributed by atoms with Crippen molar-refractivity contribution in [2.24, 2.45) is 0 Å². The van der Waals surface area contributed by atoms with Crippen molar-refractivity contribution in [1.82, 2.24) is 15.3 Å². The Hall–Kier alpha value is -2.01. The smallest absolute Gasteiger partial charge is 0.147 e. The number of aromatic nitrogens is 2. The van der Waals surface area contributed by atoms with Crippen molar-refractivity contribution in [1.29, 1.82) is 0 Å². The molecule has 112 valence electrons. The van der Waals surface area contributed by atoms with Gasteiger partial charge in [-0.3, -0.25) is 4.98 Å². The molecule has 0 fully saturated rings. The summed E-state index contributed by atoms with van der Waals surface area (Å²) in [5, 5.41) is 3.31. The van der Waals surface area contributed by atoms with Gasteiger partial charge in [-0.15, -0.1) is 0 Å². The molecule has 1 aromatic carbocycles. The second kappa shape index (κ2) is 7.13. The molecular formula is C16H21FN4. The predicted octanol–water partition coefficient (Wildman–Crippen LogP) is 2.75. The third-order valence-corrected chi connectivity index (χ3v) is 3.12. The molecule has 0 aliphatic heterocycles. The summed E-state index contributed by atoms with van der Waals surface area (Å²) in [6.07, 6.45) is 3.44. The summed E-state index contributed by atoms with van der Waals surface area (Å²) < 4.78 is 13.7. The molecule has 0 saturated heterocycles. The summed E-state index contributed by atoms with van der Waals surface area (Å²) in [5.41, 5.74) is 1.52. The summed E-state index contributed by atoms with van der Waals surface area (Å²) >= 11 is 0. The molecule has 2 rings (SSSR count).